The van der Waals surface area contributed by atoms with Crippen LogP contribution in [0.5, 0.6) is 0 Å². The summed E-state index contributed by atoms with van der Waals surface area (Å²) in [4.78, 5) is 1.24. The van der Waals surface area contributed by atoms with Crippen molar-refractivity contribution in [1.29, 1.82) is 0 Å². The topological polar surface area (TPSA) is 32.3 Å². The normalized spacial score (nSPS) is 13.1. The molecule has 2 N–H and O–H groups in total. The van der Waals surface area contributed by atoms with Gasteiger partial charge in [0.05, 0.1) is 4.34 Å². The molecule has 1 heterocycles. The Balaban J connectivity index is 2.31. The number of aliphatic hydroxyl groups is 1. The van der Waals surface area contributed by atoms with Gasteiger partial charge < -0.3 is 10.4 Å². The van der Waals surface area contributed by atoms with Crippen molar-refractivity contribution >= 4 is 22.9 Å². The number of hydrogen-bond donors (Lipinski definition) is 2. The molecule has 80 valence electrons. The number of thiophene rings is 1. The molecule has 1 aromatic heterocycles. The molecule has 2 nitrogen and oxygen atoms in total. The van der Waals surface area contributed by atoms with E-state index in [9.17, 15) is 0 Å². The summed E-state index contributed by atoms with van der Waals surface area (Å²) in [5.74, 6) is 0. The lowest BCUT2D eigenvalue weighted by Crippen LogP contribution is -2.28. The van der Waals surface area contributed by atoms with Gasteiger partial charge in [-0.05, 0) is 25.0 Å². The van der Waals surface area contributed by atoms with Crippen LogP contribution in [0.4, 0.5) is 0 Å². The number of rotatable bonds is 6. The molecule has 0 aliphatic carbocycles. The second-order valence-electron chi connectivity index (χ2n) is 3.20. The molecule has 0 saturated carbocycles. The predicted octanol–water partition coefficient (Wildman–Crippen LogP) is 2.65. The molecule has 14 heavy (non-hydrogen) atoms. The first-order valence-corrected chi connectivity index (χ1v) is 6.04. The molecule has 0 spiro atoms. The molecule has 0 aliphatic heterocycles. The van der Waals surface area contributed by atoms with Gasteiger partial charge in [0.15, 0.2) is 0 Å². The molecule has 1 unspecified atom stereocenters. The molecule has 0 bridgehead atoms. The molecule has 1 aromatic rings. The van der Waals surface area contributed by atoms with Gasteiger partial charge in [0.25, 0.3) is 0 Å². The minimum atomic E-state index is 0.247. The van der Waals surface area contributed by atoms with Gasteiger partial charge in [0.1, 0.15) is 0 Å². The lowest BCUT2D eigenvalue weighted by Gasteiger charge is -2.14. The van der Waals surface area contributed by atoms with Crippen LogP contribution in [0.1, 0.15) is 24.6 Å². The van der Waals surface area contributed by atoms with Gasteiger partial charge in [0.2, 0.25) is 0 Å². The molecule has 0 saturated heterocycles. The summed E-state index contributed by atoms with van der Waals surface area (Å²) in [6.07, 6.45) is 1.86. The number of halogens is 1. The van der Waals surface area contributed by atoms with Crippen molar-refractivity contribution in [2.75, 3.05) is 6.61 Å². The van der Waals surface area contributed by atoms with Crippen molar-refractivity contribution in [3.8, 4) is 0 Å². The molecule has 0 aliphatic rings. The SMILES string of the molecule is CCC(CCO)NCc1ccc(Cl)s1. The third kappa shape index (κ3) is 3.96. The summed E-state index contributed by atoms with van der Waals surface area (Å²) < 4.78 is 0.831. The van der Waals surface area contributed by atoms with Crippen LogP contribution in [0.2, 0.25) is 4.34 Å². The minimum absolute atomic E-state index is 0.247. The summed E-state index contributed by atoms with van der Waals surface area (Å²) >= 11 is 7.42. The quantitative estimate of drug-likeness (QED) is 0.792. The van der Waals surface area contributed by atoms with Gasteiger partial charge in [-0.25, -0.2) is 0 Å². The monoisotopic (exact) mass is 233 g/mol. The maximum Gasteiger partial charge on any atom is 0.0931 e. The first kappa shape index (κ1) is 12.0. The van der Waals surface area contributed by atoms with Gasteiger partial charge in [0, 0.05) is 24.1 Å². The van der Waals surface area contributed by atoms with Crippen LogP contribution < -0.4 is 5.32 Å². The van der Waals surface area contributed by atoms with E-state index in [1.807, 2.05) is 12.1 Å². The molecule has 0 radical (unpaired) electrons. The van der Waals surface area contributed by atoms with Crippen molar-refractivity contribution < 1.29 is 5.11 Å². The largest absolute Gasteiger partial charge is 0.396 e. The Kier molecular flexibility index (Phi) is 5.48. The van der Waals surface area contributed by atoms with Crippen LogP contribution in [-0.2, 0) is 6.54 Å². The van der Waals surface area contributed by atoms with Crippen molar-refractivity contribution in [2.24, 2.45) is 0 Å². The minimum Gasteiger partial charge on any atom is -0.396 e. The summed E-state index contributed by atoms with van der Waals surface area (Å²) in [6, 6.07) is 4.35. The van der Waals surface area contributed by atoms with Crippen LogP contribution in [0, 0.1) is 0 Å². The zero-order valence-corrected chi connectivity index (χ0v) is 9.87. The van der Waals surface area contributed by atoms with E-state index in [0.29, 0.717) is 6.04 Å². The lowest BCUT2D eigenvalue weighted by molar-refractivity contribution is 0.262. The van der Waals surface area contributed by atoms with Crippen molar-refractivity contribution in [2.45, 2.75) is 32.4 Å². The molecular weight excluding hydrogens is 218 g/mol. The average Bonchev–Trinajstić information content (AvgIpc) is 2.59. The Morgan fingerprint density at radius 1 is 1.57 bits per heavy atom. The van der Waals surface area contributed by atoms with Crippen molar-refractivity contribution in [1.82, 2.24) is 5.32 Å². The maximum atomic E-state index is 8.81. The molecule has 0 aromatic carbocycles. The van der Waals surface area contributed by atoms with Crippen LogP contribution in [0.15, 0.2) is 12.1 Å². The predicted molar refractivity (Wildman–Crippen MR) is 62.0 cm³/mol. The van der Waals surface area contributed by atoms with E-state index in [4.69, 9.17) is 16.7 Å². The highest BCUT2D eigenvalue weighted by atomic mass is 35.5. The van der Waals surface area contributed by atoms with E-state index in [1.165, 1.54) is 4.88 Å². The molecule has 1 rings (SSSR count). The number of hydrogen-bond acceptors (Lipinski definition) is 3. The van der Waals surface area contributed by atoms with Gasteiger partial charge >= 0.3 is 0 Å². The molecule has 1 atom stereocenters. The van der Waals surface area contributed by atoms with Crippen molar-refractivity contribution in [3.05, 3.63) is 21.3 Å². The van der Waals surface area contributed by atoms with Gasteiger partial charge in [-0.1, -0.05) is 18.5 Å². The third-order valence-electron chi connectivity index (χ3n) is 2.16. The van der Waals surface area contributed by atoms with E-state index in [-0.39, 0.29) is 6.61 Å². The first-order valence-electron chi connectivity index (χ1n) is 4.84. The summed E-state index contributed by atoms with van der Waals surface area (Å²) in [6.45, 7) is 3.21. The summed E-state index contributed by atoms with van der Waals surface area (Å²) in [5.41, 5.74) is 0. The fraction of sp³-hybridized carbons (Fsp3) is 0.600. The maximum absolute atomic E-state index is 8.81. The van der Waals surface area contributed by atoms with E-state index in [0.717, 1.165) is 23.7 Å². The highest BCUT2D eigenvalue weighted by Gasteiger charge is 2.05. The van der Waals surface area contributed by atoms with E-state index < -0.39 is 0 Å². The zero-order valence-electron chi connectivity index (χ0n) is 8.29. The van der Waals surface area contributed by atoms with E-state index in [1.54, 1.807) is 11.3 Å². The Morgan fingerprint density at radius 2 is 2.36 bits per heavy atom. The highest BCUT2D eigenvalue weighted by molar-refractivity contribution is 7.16. The summed E-state index contributed by atoms with van der Waals surface area (Å²) in [7, 11) is 0. The van der Waals surface area contributed by atoms with Crippen LogP contribution in [0.3, 0.4) is 0 Å². The molecule has 0 fully saturated rings. The Labute approximate surface area is 93.9 Å². The van der Waals surface area contributed by atoms with Crippen LogP contribution in [-0.4, -0.2) is 17.8 Å². The smallest absolute Gasteiger partial charge is 0.0931 e. The third-order valence-corrected chi connectivity index (χ3v) is 3.40. The van der Waals surface area contributed by atoms with Crippen LogP contribution in [0.25, 0.3) is 0 Å². The van der Waals surface area contributed by atoms with Gasteiger partial charge in [-0.2, -0.15) is 0 Å². The second-order valence-corrected chi connectivity index (χ2v) is 5.00. The lowest BCUT2D eigenvalue weighted by atomic mass is 10.1. The zero-order chi connectivity index (χ0) is 10.4. The fourth-order valence-corrected chi connectivity index (χ4v) is 2.34. The highest BCUT2D eigenvalue weighted by Crippen LogP contribution is 2.21. The Bertz CT molecular complexity index is 264. The van der Waals surface area contributed by atoms with Gasteiger partial charge in [-0.3, -0.25) is 0 Å². The molecular formula is C10H16ClNOS. The number of aliphatic hydroxyl groups excluding tert-OH is 1. The van der Waals surface area contributed by atoms with E-state index >= 15 is 0 Å². The summed E-state index contributed by atoms with van der Waals surface area (Å²) in [5, 5.41) is 12.2. The van der Waals surface area contributed by atoms with Gasteiger partial charge in [-0.15, -0.1) is 11.3 Å². The Hall–Kier alpha value is -0.0900. The van der Waals surface area contributed by atoms with Crippen molar-refractivity contribution in [3.63, 3.8) is 0 Å². The average molecular weight is 234 g/mol. The second kappa shape index (κ2) is 6.40. The number of nitrogens with one attached hydrogen (secondary N) is 1. The molecule has 0 amide bonds. The van der Waals surface area contributed by atoms with E-state index in [2.05, 4.69) is 12.2 Å². The van der Waals surface area contributed by atoms with Crippen LogP contribution >= 0.6 is 22.9 Å². The molecule has 4 heteroatoms. The fourth-order valence-electron chi connectivity index (χ4n) is 1.30. The first-order chi connectivity index (χ1) is 6.76. The Morgan fingerprint density at radius 3 is 2.86 bits per heavy atom. The standard InChI is InChI=1S/C10H16ClNOS/c1-2-8(5-6-13)12-7-9-3-4-10(11)14-9/h3-4,8,12-13H,2,5-7H2,1H3.